The van der Waals surface area contributed by atoms with E-state index in [2.05, 4.69) is 44.9 Å². The van der Waals surface area contributed by atoms with Crippen molar-refractivity contribution in [2.24, 2.45) is 0 Å². The quantitative estimate of drug-likeness (QED) is 0.493. The van der Waals surface area contributed by atoms with Gasteiger partial charge >= 0.3 is 0 Å². The highest BCUT2D eigenvalue weighted by Gasteiger charge is 2.40. The molecule has 1 aromatic carbocycles. The topological polar surface area (TPSA) is 45.4 Å². The van der Waals surface area contributed by atoms with Crippen molar-refractivity contribution < 1.29 is 4.42 Å². The molecule has 6 heteroatoms. The molecule has 3 aromatic heterocycles. The number of pyridine rings is 2. The second-order valence-electron chi connectivity index (χ2n) is 7.48. The van der Waals surface area contributed by atoms with E-state index in [1.165, 1.54) is 0 Å². The van der Waals surface area contributed by atoms with Gasteiger partial charge in [0.2, 0.25) is 5.71 Å². The molecule has 0 bridgehead atoms. The van der Waals surface area contributed by atoms with E-state index in [9.17, 15) is 0 Å². The third-order valence-electron chi connectivity index (χ3n) is 5.14. The molecular formula is C21H19BN4O. The second kappa shape index (κ2) is 5.49. The number of aromatic nitrogens is 2. The number of furan rings is 1. The molecule has 0 aliphatic carbocycles. The van der Waals surface area contributed by atoms with E-state index < -0.39 is 5.44 Å². The molecule has 2 radical (unpaired) electrons. The molecule has 0 spiro atoms. The van der Waals surface area contributed by atoms with Crippen LogP contribution in [0.2, 0.25) is 0 Å². The average molecular weight is 354 g/mol. The third kappa shape index (κ3) is 2.26. The molecule has 0 N–H and O–H groups in total. The highest BCUT2D eigenvalue weighted by Crippen LogP contribution is 2.47. The molecule has 1 aliphatic rings. The minimum absolute atomic E-state index is 0.0123. The van der Waals surface area contributed by atoms with Crippen LogP contribution >= 0.6 is 0 Å². The number of anilines is 3. The first-order chi connectivity index (χ1) is 13.0. The maximum absolute atomic E-state index is 6.50. The Hall–Kier alpha value is -3.02. The van der Waals surface area contributed by atoms with E-state index in [4.69, 9.17) is 12.3 Å². The van der Waals surface area contributed by atoms with Crippen LogP contribution in [0.1, 0.15) is 20.8 Å². The summed E-state index contributed by atoms with van der Waals surface area (Å²) >= 11 is 0. The van der Waals surface area contributed by atoms with Gasteiger partial charge in [0, 0.05) is 23.2 Å². The Morgan fingerprint density at radius 3 is 2.48 bits per heavy atom. The number of hydrogen-bond acceptors (Lipinski definition) is 5. The van der Waals surface area contributed by atoms with Crippen molar-refractivity contribution in [2.45, 2.75) is 32.4 Å². The standard InChI is InChI=1S/C21H19BN4O/c1-13-25(19-17(10-6-11-23-19)26(13)21(2,3)22)16-9-4-7-14-15-8-5-12-24-20(15)27-18(14)16/h4-13H,1-3H3. The summed E-state index contributed by atoms with van der Waals surface area (Å²) in [6, 6.07) is 14.1. The second-order valence-corrected chi connectivity index (χ2v) is 7.48. The zero-order chi connectivity index (χ0) is 18.8. The number of hydrogen-bond donors (Lipinski definition) is 0. The van der Waals surface area contributed by atoms with Crippen LogP contribution in [0.5, 0.6) is 0 Å². The summed E-state index contributed by atoms with van der Waals surface area (Å²) in [5.74, 6) is 0.879. The smallest absolute Gasteiger partial charge is 0.227 e. The Labute approximate surface area is 159 Å². The highest BCUT2D eigenvalue weighted by atomic mass is 16.3. The van der Waals surface area contributed by atoms with Crippen LogP contribution in [0.15, 0.2) is 59.3 Å². The first-order valence-electron chi connectivity index (χ1n) is 9.05. The zero-order valence-electron chi connectivity index (χ0n) is 15.5. The average Bonchev–Trinajstić information content (AvgIpc) is 3.16. The van der Waals surface area contributed by atoms with E-state index in [1.54, 1.807) is 6.20 Å². The predicted molar refractivity (Wildman–Crippen MR) is 110 cm³/mol. The summed E-state index contributed by atoms with van der Waals surface area (Å²) < 4.78 is 6.15. The number of fused-ring (bicyclic) bond motifs is 4. The van der Waals surface area contributed by atoms with Gasteiger partial charge in [-0.3, -0.25) is 0 Å². The van der Waals surface area contributed by atoms with Crippen LogP contribution in [-0.4, -0.2) is 29.4 Å². The van der Waals surface area contributed by atoms with Crippen molar-refractivity contribution in [3.63, 3.8) is 0 Å². The predicted octanol–water partition coefficient (Wildman–Crippen LogP) is 4.58. The Morgan fingerprint density at radius 1 is 0.963 bits per heavy atom. The van der Waals surface area contributed by atoms with Crippen LogP contribution in [-0.2, 0) is 0 Å². The Balaban J connectivity index is 1.78. The molecule has 5 nitrogen and oxygen atoms in total. The normalized spacial score (nSPS) is 17.1. The summed E-state index contributed by atoms with van der Waals surface area (Å²) in [5.41, 5.74) is 2.90. The first-order valence-corrected chi connectivity index (χ1v) is 9.05. The molecule has 1 unspecified atom stereocenters. The lowest BCUT2D eigenvalue weighted by atomic mass is 9.79. The summed E-state index contributed by atoms with van der Waals surface area (Å²) in [4.78, 5) is 13.4. The molecule has 4 heterocycles. The molecule has 0 amide bonds. The van der Waals surface area contributed by atoms with Crippen LogP contribution in [0, 0.1) is 0 Å². The van der Waals surface area contributed by atoms with Crippen molar-refractivity contribution in [3.8, 4) is 0 Å². The molecule has 1 aliphatic heterocycles. The lowest BCUT2D eigenvalue weighted by Gasteiger charge is -2.40. The van der Waals surface area contributed by atoms with Gasteiger partial charge in [-0.2, -0.15) is 0 Å². The van der Waals surface area contributed by atoms with Crippen LogP contribution in [0.3, 0.4) is 0 Å². The van der Waals surface area contributed by atoms with Gasteiger partial charge in [0.05, 0.1) is 11.4 Å². The maximum atomic E-state index is 6.50. The fourth-order valence-electron chi connectivity index (χ4n) is 4.17. The fraction of sp³-hybridized carbons (Fsp3) is 0.238. The van der Waals surface area contributed by atoms with Gasteiger partial charge < -0.3 is 14.2 Å². The number of rotatable bonds is 2. The largest absolute Gasteiger partial charge is 0.436 e. The maximum Gasteiger partial charge on any atom is 0.227 e. The van der Waals surface area contributed by atoms with Crippen LogP contribution < -0.4 is 9.80 Å². The van der Waals surface area contributed by atoms with Gasteiger partial charge in [0.15, 0.2) is 11.4 Å². The molecule has 0 fully saturated rings. The summed E-state index contributed by atoms with van der Waals surface area (Å²) in [7, 11) is 6.50. The van der Waals surface area contributed by atoms with Crippen molar-refractivity contribution >= 4 is 47.1 Å². The van der Waals surface area contributed by atoms with Crippen molar-refractivity contribution in [1.29, 1.82) is 0 Å². The van der Waals surface area contributed by atoms with Gasteiger partial charge in [0.1, 0.15) is 14.0 Å². The fourth-order valence-corrected chi connectivity index (χ4v) is 4.17. The number of para-hydroxylation sites is 1. The molecule has 27 heavy (non-hydrogen) atoms. The minimum atomic E-state index is -0.532. The summed E-state index contributed by atoms with van der Waals surface area (Å²) in [6.45, 7) is 6.15. The van der Waals surface area contributed by atoms with E-state index in [0.717, 1.165) is 33.5 Å². The number of benzene rings is 1. The van der Waals surface area contributed by atoms with E-state index in [0.29, 0.717) is 5.71 Å². The monoisotopic (exact) mass is 354 g/mol. The highest BCUT2D eigenvalue weighted by molar-refractivity contribution is 6.17. The molecule has 5 rings (SSSR count). The Bertz CT molecular complexity index is 1160. The lowest BCUT2D eigenvalue weighted by molar-refractivity contribution is 0.559. The van der Waals surface area contributed by atoms with Crippen molar-refractivity contribution in [3.05, 3.63) is 54.9 Å². The Kier molecular flexibility index (Phi) is 3.29. The first kappa shape index (κ1) is 16.2. The van der Waals surface area contributed by atoms with Crippen LogP contribution in [0.4, 0.5) is 17.2 Å². The third-order valence-corrected chi connectivity index (χ3v) is 5.14. The molecular weight excluding hydrogens is 335 g/mol. The van der Waals surface area contributed by atoms with Crippen molar-refractivity contribution in [1.82, 2.24) is 9.97 Å². The minimum Gasteiger partial charge on any atom is -0.436 e. The van der Waals surface area contributed by atoms with Gasteiger partial charge in [-0.1, -0.05) is 26.0 Å². The van der Waals surface area contributed by atoms with Crippen molar-refractivity contribution in [2.75, 3.05) is 9.80 Å². The van der Waals surface area contributed by atoms with E-state index >= 15 is 0 Å². The van der Waals surface area contributed by atoms with E-state index in [1.807, 2.05) is 44.3 Å². The molecule has 1 atom stereocenters. The molecule has 4 aromatic rings. The zero-order valence-corrected chi connectivity index (χ0v) is 15.5. The van der Waals surface area contributed by atoms with E-state index in [-0.39, 0.29) is 6.17 Å². The number of nitrogens with zero attached hydrogens (tertiary/aromatic N) is 4. The summed E-state index contributed by atoms with van der Waals surface area (Å²) in [6.07, 6.45) is 3.55. The summed E-state index contributed by atoms with van der Waals surface area (Å²) in [5, 5.41) is 2.06. The van der Waals surface area contributed by atoms with Gasteiger partial charge in [-0.15, -0.1) is 0 Å². The molecule has 0 saturated heterocycles. The van der Waals surface area contributed by atoms with Gasteiger partial charge in [-0.05, 0) is 42.7 Å². The molecule has 132 valence electrons. The van der Waals surface area contributed by atoms with Crippen LogP contribution in [0.25, 0.3) is 22.1 Å². The molecule has 0 saturated carbocycles. The lowest BCUT2D eigenvalue weighted by Crippen LogP contribution is -2.51. The van der Waals surface area contributed by atoms with Gasteiger partial charge in [0.25, 0.3) is 0 Å². The van der Waals surface area contributed by atoms with Gasteiger partial charge in [-0.25, -0.2) is 9.97 Å². The Morgan fingerprint density at radius 2 is 1.67 bits per heavy atom. The SMILES string of the molecule is [B]C(C)(C)N1c2cccnc2N(c2cccc3c2oc2ncccc23)C1C.